The Kier molecular flexibility index (Phi) is 3.57. The van der Waals surface area contributed by atoms with Crippen LogP contribution < -0.4 is 5.73 Å². The van der Waals surface area contributed by atoms with E-state index in [1.165, 1.54) is 0 Å². The molecule has 1 amide bonds. The van der Waals surface area contributed by atoms with Gasteiger partial charge in [0.15, 0.2) is 0 Å². The fourth-order valence-corrected chi connectivity index (χ4v) is 3.29. The van der Waals surface area contributed by atoms with Crippen LogP contribution in [0.4, 0.5) is 5.69 Å². The van der Waals surface area contributed by atoms with Gasteiger partial charge in [0.25, 0.3) is 5.91 Å². The lowest BCUT2D eigenvalue weighted by atomic mass is 10.1. The zero-order valence-electron chi connectivity index (χ0n) is 11.2. The highest BCUT2D eigenvalue weighted by Gasteiger charge is 2.30. The van der Waals surface area contributed by atoms with Crippen molar-refractivity contribution in [1.82, 2.24) is 4.90 Å². The molecule has 18 heavy (non-hydrogen) atoms. The van der Waals surface area contributed by atoms with E-state index in [-0.39, 0.29) is 10.7 Å². The monoisotopic (exact) mass is 264 g/mol. The maximum Gasteiger partial charge on any atom is 0.253 e. The van der Waals surface area contributed by atoms with Crippen LogP contribution in [0.2, 0.25) is 0 Å². The summed E-state index contributed by atoms with van der Waals surface area (Å²) in [4.78, 5) is 14.4. The molecular weight excluding hydrogens is 244 g/mol. The first-order chi connectivity index (χ1) is 8.39. The van der Waals surface area contributed by atoms with Crippen molar-refractivity contribution in [2.45, 2.75) is 25.5 Å². The maximum absolute atomic E-state index is 12.4. The minimum Gasteiger partial charge on any atom is -0.399 e. The smallest absolute Gasteiger partial charge is 0.253 e. The number of carbonyl (C=O) groups excluding carboxylic acids is 1. The summed E-state index contributed by atoms with van der Waals surface area (Å²) in [6.07, 6.45) is 0. The number of nitrogen functional groups attached to an aromatic ring is 1. The molecule has 2 N–H and O–H groups in total. The van der Waals surface area contributed by atoms with Crippen molar-refractivity contribution in [2.24, 2.45) is 0 Å². The van der Waals surface area contributed by atoms with Gasteiger partial charge in [-0.25, -0.2) is 0 Å². The SMILES string of the molecule is Cc1cc(C(=O)N2CCSC(C)(C)C2)ccc1N. The average Bonchev–Trinajstić information content (AvgIpc) is 2.30. The molecule has 0 atom stereocenters. The van der Waals surface area contributed by atoms with Gasteiger partial charge in [0.05, 0.1) is 0 Å². The molecule has 0 unspecified atom stereocenters. The molecule has 0 radical (unpaired) electrons. The Balaban J connectivity index is 2.18. The highest BCUT2D eigenvalue weighted by atomic mass is 32.2. The molecule has 2 rings (SSSR count). The fraction of sp³-hybridized carbons (Fsp3) is 0.500. The van der Waals surface area contributed by atoms with Crippen LogP contribution in [-0.4, -0.2) is 34.4 Å². The first-order valence-electron chi connectivity index (χ1n) is 6.18. The number of aryl methyl sites for hydroxylation is 1. The number of rotatable bonds is 1. The Morgan fingerprint density at radius 1 is 1.44 bits per heavy atom. The van der Waals surface area contributed by atoms with Gasteiger partial charge in [0, 0.05) is 34.8 Å². The lowest BCUT2D eigenvalue weighted by molar-refractivity contribution is 0.0748. The van der Waals surface area contributed by atoms with Crippen LogP contribution in [-0.2, 0) is 0 Å². The minimum atomic E-state index is 0.117. The van der Waals surface area contributed by atoms with E-state index >= 15 is 0 Å². The number of benzene rings is 1. The molecule has 4 heteroatoms. The lowest BCUT2D eigenvalue weighted by Crippen LogP contribution is -2.46. The van der Waals surface area contributed by atoms with Crippen molar-refractivity contribution < 1.29 is 4.79 Å². The Morgan fingerprint density at radius 3 is 2.78 bits per heavy atom. The summed E-state index contributed by atoms with van der Waals surface area (Å²) >= 11 is 1.93. The van der Waals surface area contributed by atoms with Gasteiger partial charge in [-0.3, -0.25) is 4.79 Å². The van der Waals surface area contributed by atoms with Gasteiger partial charge < -0.3 is 10.6 Å². The van der Waals surface area contributed by atoms with Gasteiger partial charge in [0.2, 0.25) is 0 Å². The molecular formula is C14H20N2OS. The summed E-state index contributed by atoms with van der Waals surface area (Å²) in [5.41, 5.74) is 8.22. The van der Waals surface area contributed by atoms with Crippen LogP contribution in [0.15, 0.2) is 18.2 Å². The molecule has 1 aromatic rings. The predicted molar refractivity (Wildman–Crippen MR) is 78.0 cm³/mol. The Hall–Kier alpha value is -1.16. The van der Waals surface area contributed by atoms with Gasteiger partial charge >= 0.3 is 0 Å². The van der Waals surface area contributed by atoms with Crippen molar-refractivity contribution >= 4 is 23.4 Å². The summed E-state index contributed by atoms with van der Waals surface area (Å²) in [6, 6.07) is 5.51. The predicted octanol–water partition coefficient (Wildman–Crippen LogP) is 2.54. The van der Waals surface area contributed by atoms with Gasteiger partial charge in [-0.15, -0.1) is 0 Å². The molecule has 0 spiro atoms. The van der Waals surface area contributed by atoms with Crippen molar-refractivity contribution in [3.05, 3.63) is 29.3 Å². The third-order valence-corrected chi connectivity index (χ3v) is 4.53. The Morgan fingerprint density at radius 2 is 2.17 bits per heavy atom. The van der Waals surface area contributed by atoms with E-state index in [0.29, 0.717) is 0 Å². The number of amides is 1. The topological polar surface area (TPSA) is 46.3 Å². The summed E-state index contributed by atoms with van der Waals surface area (Å²) in [5.74, 6) is 1.12. The second kappa shape index (κ2) is 4.84. The van der Waals surface area contributed by atoms with Crippen LogP contribution in [0.1, 0.15) is 29.8 Å². The van der Waals surface area contributed by atoms with E-state index in [4.69, 9.17) is 5.73 Å². The Labute approximate surface area is 113 Å². The third kappa shape index (κ3) is 2.80. The molecule has 1 heterocycles. The summed E-state index contributed by atoms with van der Waals surface area (Å²) in [7, 11) is 0. The quantitative estimate of drug-likeness (QED) is 0.793. The fourth-order valence-electron chi connectivity index (χ4n) is 2.18. The summed E-state index contributed by atoms with van der Waals surface area (Å²) in [6.45, 7) is 7.94. The second-order valence-electron chi connectivity index (χ2n) is 5.41. The van der Waals surface area contributed by atoms with Gasteiger partial charge in [-0.2, -0.15) is 11.8 Å². The van der Waals surface area contributed by atoms with Crippen LogP contribution >= 0.6 is 11.8 Å². The number of anilines is 1. The van der Waals surface area contributed by atoms with Gasteiger partial charge in [-0.05, 0) is 44.5 Å². The average molecular weight is 264 g/mol. The molecule has 3 nitrogen and oxygen atoms in total. The van der Waals surface area contributed by atoms with E-state index in [1.54, 1.807) is 0 Å². The molecule has 0 aromatic heterocycles. The van der Waals surface area contributed by atoms with Crippen molar-refractivity contribution in [2.75, 3.05) is 24.6 Å². The molecule has 0 aliphatic carbocycles. The van der Waals surface area contributed by atoms with E-state index in [1.807, 2.05) is 41.8 Å². The molecule has 1 aliphatic rings. The molecule has 0 bridgehead atoms. The standard InChI is InChI=1S/C14H20N2OS/c1-10-8-11(4-5-12(10)15)13(17)16-6-7-18-14(2,3)9-16/h4-5,8H,6-7,9,15H2,1-3H3. The van der Waals surface area contributed by atoms with Gasteiger partial charge in [-0.1, -0.05) is 0 Å². The molecule has 0 saturated carbocycles. The molecule has 1 fully saturated rings. The van der Waals surface area contributed by atoms with Crippen molar-refractivity contribution in [3.63, 3.8) is 0 Å². The van der Waals surface area contributed by atoms with Crippen LogP contribution in [0, 0.1) is 6.92 Å². The number of carbonyl (C=O) groups is 1. The highest BCUT2D eigenvalue weighted by Crippen LogP contribution is 2.30. The normalized spacial score (nSPS) is 18.7. The number of hydrogen-bond acceptors (Lipinski definition) is 3. The van der Waals surface area contributed by atoms with E-state index < -0.39 is 0 Å². The number of nitrogens with two attached hydrogens (primary N) is 1. The molecule has 1 saturated heterocycles. The molecule has 1 aliphatic heterocycles. The Bertz CT molecular complexity index is 471. The molecule has 98 valence electrons. The molecule has 1 aromatic carbocycles. The summed E-state index contributed by atoms with van der Waals surface area (Å²) < 4.78 is 0.150. The first kappa shape index (κ1) is 13.3. The zero-order valence-corrected chi connectivity index (χ0v) is 12.0. The van der Waals surface area contributed by atoms with Gasteiger partial charge in [0.1, 0.15) is 0 Å². The number of thioether (sulfide) groups is 1. The van der Waals surface area contributed by atoms with E-state index in [2.05, 4.69) is 13.8 Å². The van der Waals surface area contributed by atoms with E-state index in [9.17, 15) is 4.79 Å². The second-order valence-corrected chi connectivity index (χ2v) is 7.21. The minimum absolute atomic E-state index is 0.117. The van der Waals surface area contributed by atoms with Crippen LogP contribution in [0.5, 0.6) is 0 Å². The zero-order chi connectivity index (χ0) is 13.3. The van der Waals surface area contributed by atoms with Crippen LogP contribution in [0.3, 0.4) is 0 Å². The third-order valence-electron chi connectivity index (χ3n) is 3.23. The van der Waals surface area contributed by atoms with Crippen LogP contribution in [0.25, 0.3) is 0 Å². The van der Waals surface area contributed by atoms with Crippen molar-refractivity contribution in [3.8, 4) is 0 Å². The lowest BCUT2D eigenvalue weighted by Gasteiger charge is -2.37. The first-order valence-corrected chi connectivity index (χ1v) is 7.17. The van der Waals surface area contributed by atoms with E-state index in [0.717, 1.165) is 35.7 Å². The van der Waals surface area contributed by atoms with Crippen molar-refractivity contribution in [1.29, 1.82) is 0 Å². The largest absolute Gasteiger partial charge is 0.399 e. The summed E-state index contributed by atoms with van der Waals surface area (Å²) in [5, 5.41) is 0. The highest BCUT2D eigenvalue weighted by molar-refractivity contribution is 8.00. The number of hydrogen-bond donors (Lipinski definition) is 1. The maximum atomic E-state index is 12.4. The number of nitrogens with zero attached hydrogens (tertiary/aromatic N) is 1.